The van der Waals surface area contributed by atoms with Crippen molar-refractivity contribution >= 4 is 28.3 Å². The summed E-state index contributed by atoms with van der Waals surface area (Å²) in [5.74, 6) is -0.103. The minimum Gasteiger partial charge on any atom is -0.455 e. The van der Waals surface area contributed by atoms with Crippen molar-refractivity contribution in [2.45, 2.75) is 11.8 Å². The topological polar surface area (TPSA) is 82.9 Å². The van der Waals surface area contributed by atoms with Crippen molar-refractivity contribution in [2.24, 2.45) is 0 Å². The molecule has 0 atom stereocenters. The Balaban J connectivity index is 0.00000400. The third kappa shape index (κ3) is 4.44. The maximum atomic E-state index is 12.1. The van der Waals surface area contributed by atoms with Crippen molar-refractivity contribution in [3.8, 4) is 0 Å². The van der Waals surface area contributed by atoms with Crippen molar-refractivity contribution in [2.75, 3.05) is 41.3 Å². The standard InChI is InChI=1S/C12H21N3O4S.ClH/c1-9-11(20(17,18)14(3)4)8-10(19-9)12(16)15(5)7-6-13-2;/h8,13H,6-7H2,1-5H3;1H. The second-order valence-corrected chi connectivity index (χ2v) is 6.77. The Morgan fingerprint density at radius 2 is 1.90 bits per heavy atom. The fourth-order valence-electron chi connectivity index (χ4n) is 1.59. The number of rotatable bonds is 6. The van der Waals surface area contributed by atoms with Gasteiger partial charge in [-0.2, -0.15) is 0 Å². The minimum atomic E-state index is -3.61. The molecule has 0 aliphatic rings. The molecule has 7 nitrogen and oxygen atoms in total. The van der Waals surface area contributed by atoms with Gasteiger partial charge in [-0.1, -0.05) is 0 Å². The lowest BCUT2D eigenvalue weighted by molar-refractivity contribution is 0.0764. The lowest BCUT2D eigenvalue weighted by Crippen LogP contribution is -2.32. The van der Waals surface area contributed by atoms with Crippen molar-refractivity contribution in [3.05, 3.63) is 17.6 Å². The number of hydrogen-bond donors (Lipinski definition) is 1. The number of nitrogens with one attached hydrogen (secondary N) is 1. The first-order valence-electron chi connectivity index (χ1n) is 6.14. The molecule has 0 aromatic carbocycles. The van der Waals surface area contributed by atoms with Crippen LogP contribution in [0.25, 0.3) is 0 Å². The fourth-order valence-corrected chi connectivity index (χ4v) is 2.65. The molecular formula is C12H22ClN3O4S. The molecule has 1 N–H and O–H groups in total. The van der Waals surface area contributed by atoms with Crippen molar-refractivity contribution < 1.29 is 17.6 Å². The number of nitrogens with zero attached hydrogens (tertiary/aromatic N) is 2. The summed E-state index contributed by atoms with van der Waals surface area (Å²) in [6.07, 6.45) is 0. The Labute approximate surface area is 131 Å². The van der Waals surface area contributed by atoms with E-state index in [0.717, 1.165) is 4.31 Å². The van der Waals surface area contributed by atoms with E-state index in [2.05, 4.69) is 5.32 Å². The van der Waals surface area contributed by atoms with E-state index in [1.165, 1.54) is 32.0 Å². The first kappa shape index (κ1) is 19.9. The summed E-state index contributed by atoms with van der Waals surface area (Å²) in [7, 11) is 2.68. The Hall–Kier alpha value is -1.09. The number of furan rings is 1. The second kappa shape index (κ2) is 7.79. The van der Waals surface area contributed by atoms with E-state index < -0.39 is 10.0 Å². The average Bonchev–Trinajstić information content (AvgIpc) is 2.77. The van der Waals surface area contributed by atoms with Crippen LogP contribution in [0.2, 0.25) is 0 Å². The number of hydrogen-bond acceptors (Lipinski definition) is 5. The molecular weight excluding hydrogens is 318 g/mol. The number of aryl methyl sites for hydroxylation is 1. The van der Waals surface area contributed by atoms with Gasteiger partial charge in [-0.3, -0.25) is 4.79 Å². The van der Waals surface area contributed by atoms with Crippen molar-refractivity contribution in [1.82, 2.24) is 14.5 Å². The number of halogens is 1. The maximum absolute atomic E-state index is 12.1. The van der Waals surface area contributed by atoms with E-state index >= 15 is 0 Å². The molecule has 1 amide bonds. The zero-order valence-corrected chi connectivity index (χ0v) is 14.5. The van der Waals surface area contributed by atoms with Crippen LogP contribution in [0.15, 0.2) is 15.4 Å². The third-order valence-corrected chi connectivity index (χ3v) is 4.81. The van der Waals surface area contributed by atoms with E-state index in [4.69, 9.17) is 4.42 Å². The minimum absolute atomic E-state index is 0. The zero-order valence-electron chi connectivity index (χ0n) is 12.8. The summed E-state index contributed by atoms with van der Waals surface area (Å²) in [4.78, 5) is 13.6. The lowest BCUT2D eigenvalue weighted by Gasteiger charge is -2.14. The average molecular weight is 340 g/mol. The Bertz CT molecular complexity index is 583. The van der Waals surface area contributed by atoms with Crippen LogP contribution in [0.5, 0.6) is 0 Å². The van der Waals surface area contributed by atoms with E-state index in [1.807, 2.05) is 0 Å². The predicted molar refractivity (Wildman–Crippen MR) is 82.5 cm³/mol. The first-order valence-corrected chi connectivity index (χ1v) is 7.58. The molecule has 0 saturated heterocycles. The summed E-state index contributed by atoms with van der Waals surface area (Å²) in [5, 5.41) is 2.93. The Morgan fingerprint density at radius 1 is 1.33 bits per heavy atom. The number of amides is 1. The van der Waals surface area contributed by atoms with Crippen LogP contribution >= 0.6 is 12.4 Å². The molecule has 0 spiro atoms. The fraction of sp³-hybridized carbons (Fsp3) is 0.583. The van der Waals surface area contributed by atoms with Crippen LogP contribution < -0.4 is 5.32 Å². The van der Waals surface area contributed by atoms with E-state index in [9.17, 15) is 13.2 Å². The van der Waals surface area contributed by atoms with Crippen LogP contribution in [-0.4, -0.2) is 64.8 Å². The molecule has 122 valence electrons. The van der Waals surface area contributed by atoms with Gasteiger partial charge in [0.2, 0.25) is 10.0 Å². The lowest BCUT2D eigenvalue weighted by atomic mass is 10.4. The first-order chi connectivity index (χ1) is 9.21. The van der Waals surface area contributed by atoms with E-state index in [0.29, 0.717) is 13.1 Å². The molecule has 0 fully saturated rings. The molecule has 1 aromatic heterocycles. The van der Waals surface area contributed by atoms with Crippen LogP contribution in [0.3, 0.4) is 0 Å². The monoisotopic (exact) mass is 339 g/mol. The van der Waals surface area contributed by atoms with Gasteiger partial charge in [-0.15, -0.1) is 12.4 Å². The summed E-state index contributed by atoms with van der Waals surface area (Å²) < 4.78 is 30.5. The SMILES string of the molecule is CNCCN(C)C(=O)c1cc(S(=O)(=O)N(C)C)c(C)o1.Cl. The van der Waals surface area contributed by atoms with Gasteiger partial charge in [0.1, 0.15) is 10.7 Å². The molecule has 0 aliphatic carbocycles. The highest BCUT2D eigenvalue weighted by Gasteiger charge is 2.26. The zero-order chi connectivity index (χ0) is 15.5. The van der Waals surface area contributed by atoms with E-state index in [1.54, 1.807) is 14.1 Å². The Kier molecular flexibility index (Phi) is 7.38. The maximum Gasteiger partial charge on any atom is 0.289 e. The van der Waals surface area contributed by atoms with Crippen LogP contribution in [0.1, 0.15) is 16.3 Å². The highest BCUT2D eigenvalue weighted by Crippen LogP contribution is 2.23. The molecule has 21 heavy (non-hydrogen) atoms. The number of carbonyl (C=O) groups excluding carboxylic acids is 1. The molecule has 9 heteroatoms. The molecule has 0 aliphatic heterocycles. The molecule has 1 rings (SSSR count). The van der Waals surface area contributed by atoms with Gasteiger partial charge in [0.25, 0.3) is 5.91 Å². The molecule has 0 bridgehead atoms. The molecule has 1 aromatic rings. The Morgan fingerprint density at radius 3 is 2.38 bits per heavy atom. The van der Waals surface area contributed by atoms with Crippen molar-refractivity contribution in [3.63, 3.8) is 0 Å². The van der Waals surface area contributed by atoms with Crippen molar-refractivity contribution in [1.29, 1.82) is 0 Å². The van der Waals surface area contributed by atoms with Gasteiger partial charge in [0.15, 0.2) is 5.76 Å². The molecule has 1 heterocycles. The van der Waals surface area contributed by atoms with Gasteiger partial charge in [0, 0.05) is 40.3 Å². The van der Waals surface area contributed by atoms with Gasteiger partial charge in [-0.25, -0.2) is 12.7 Å². The summed E-state index contributed by atoms with van der Waals surface area (Å²) in [5.41, 5.74) is 0. The second-order valence-electron chi connectivity index (χ2n) is 4.65. The van der Waals surface area contributed by atoms with Gasteiger partial charge in [0.05, 0.1) is 0 Å². The quantitative estimate of drug-likeness (QED) is 0.818. The number of sulfonamides is 1. The normalized spacial score (nSPS) is 11.3. The largest absolute Gasteiger partial charge is 0.455 e. The van der Waals surface area contributed by atoms with E-state index in [-0.39, 0.29) is 34.7 Å². The molecule has 0 unspecified atom stereocenters. The van der Waals surface area contributed by atoms with Gasteiger partial charge in [-0.05, 0) is 14.0 Å². The third-order valence-electron chi connectivity index (χ3n) is 2.89. The number of likely N-dealkylation sites (N-methyl/N-ethyl adjacent to an activating group) is 2. The molecule has 0 saturated carbocycles. The summed E-state index contributed by atoms with van der Waals surface area (Å²) >= 11 is 0. The predicted octanol–water partition coefficient (Wildman–Crippen LogP) is 0.552. The molecule has 0 radical (unpaired) electrons. The highest BCUT2D eigenvalue weighted by molar-refractivity contribution is 7.89. The van der Waals surface area contributed by atoms with Crippen LogP contribution in [0.4, 0.5) is 0 Å². The number of carbonyl (C=O) groups is 1. The van der Waals surface area contributed by atoms with Crippen LogP contribution in [-0.2, 0) is 10.0 Å². The smallest absolute Gasteiger partial charge is 0.289 e. The summed E-state index contributed by atoms with van der Waals surface area (Å²) in [6, 6.07) is 1.28. The van der Waals surface area contributed by atoms with Gasteiger partial charge < -0.3 is 14.6 Å². The summed E-state index contributed by atoms with van der Waals surface area (Å²) in [6.45, 7) is 2.68. The van der Waals surface area contributed by atoms with Crippen LogP contribution in [0, 0.1) is 6.92 Å². The van der Waals surface area contributed by atoms with Gasteiger partial charge >= 0.3 is 0 Å². The highest BCUT2D eigenvalue weighted by atomic mass is 35.5.